The number of nitrogens with one attached hydrogen (secondary N) is 1. The predicted octanol–water partition coefficient (Wildman–Crippen LogP) is 4.60. The van der Waals surface area contributed by atoms with Crippen LogP contribution in [0, 0.1) is 0 Å². The quantitative estimate of drug-likeness (QED) is 0.837. The maximum absolute atomic E-state index is 5.41. The summed E-state index contributed by atoms with van der Waals surface area (Å²) in [6, 6.07) is 15.3. The van der Waals surface area contributed by atoms with E-state index in [1.807, 2.05) is 13.1 Å². The summed E-state index contributed by atoms with van der Waals surface area (Å²) < 4.78 is 5.41. The Balaban J connectivity index is 2.31. The Morgan fingerprint density at radius 2 is 1.71 bits per heavy atom. The highest BCUT2D eigenvalue weighted by Gasteiger charge is 2.07. The van der Waals surface area contributed by atoms with Gasteiger partial charge in [0, 0.05) is 12.1 Å². The fourth-order valence-corrected chi connectivity index (χ4v) is 2.53. The Hall–Kier alpha value is -1.80. The Morgan fingerprint density at radius 3 is 2.29 bits per heavy atom. The van der Waals surface area contributed by atoms with E-state index in [4.69, 9.17) is 4.74 Å². The molecule has 2 nitrogen and oxygen atoms in total. The minimum atomic E-state index is 0.620. The van der Waals surface area contributed by atoms with Gasteiger partial charge in [-0.25, -0.2) is 0 Å². The number of methoxy groups -OCH3 is 1. The van der Waals surface area contributed by atoms with Crippen LogP contribution in [-0.2, 0) is 6.54 Å². The number of ether oxygens (including phenoxy) is 1. The molecule has 1 N–H and O–H groups in total. The molecule has 1 atom stereocenters. The number of benzene rings is 2. The van der Waals surface area contributed by atoms with Crippen molar-refractivity contribution in [3.8, 4) is 16.9 Å². The summed E-state index contributed by atoms with van der Waals surface area (Å²) in [5.41, 5.74) is 5.08. The highest BCUT2D eigenvalue weighted by Crippen LogP contribution is 2.28. The zero-order chi connectivity index (χ0) is 15.2. The largest absolute Gasteiger partial charge is 0.496 e. The van der Waals surface area contributed by atoms with E-state index in [0.717, 1.165) is 12.3 Å². The fraction of sp³-hybridized carbons (Fsp3) is 0.368. The van der Waals surface area contributed by atoms with Gasteiger partial charge in [0.2, 0.25) is 0 Å². The van der Waals surface area contributed by atoms with Gasteiger partial charge in [0.25, 0.3) is 0 Å². The van der Waals surface area contributed by atoms with Crippen molar-refractivity contribution < 1.29 is 4.74 Å². The average Bonchev–Trinajstić information content (AvgIpc) is 2.54. The van der Waals surface area contributed by atoms with E-state index >= 15 is 0 Å². The summed E-state index contributed by atoms with van der Waals surface area (Å²) in [7, 11) is 3.67. The zero-order valence-corrected chi connectivity index (χ0v) is 13.4. The molecule has 1 unspecified atom stereocenters. The molecule has 0 aliphatic carbocycles. The molecule has 0 fully saturated rings. The molecule has 0 aliphatic heterocycles. The maximum Gasteiger partial charge on any atom is 0.123 e. The van der Waals surface area contributed by atoms with Crippen LogP contribution in [0.1, 0.15) is 37.3 Å². The highest BCUT2D eigenvalue weighted by molar-refractivity contribution is 5.66. The number of hydrogen-bond donors (Lipinski definition) is 1. The standard InChI is InChI=1S/C19H25NO/c1-5-14(2)15-6-8-16(9-7-15)17-10-11-19(21-4)18(12-17)13-20-3/h6-12,14,20H,5,13H2,1-4H3. The van der Waals surface area contributed by atoms with Crippen molar-refractivity contribution in [2.24, 2.45) is 0 Å². The van der Waals surface area contributed by atoms with E-state index in [1.165, 1.54) is 28.7 Å². The lowest BCUT2D eigenvalue weighted by Crippen LogP contribution is -2.06. The predicted molar refractivity (Wildman–Crippen MR) is 89.9 cm³/mol. The van der Waals surface area contributed by atoms with E-state index in [2.05, 4.69) is 55.6 Å². The van der Waals surface area contributed by atoms with E-state index in [0.29, 0.717) is 5.92 Å². The minimum absolute atomic E-state index is 0.620. The van der Waals surface area contributed by atoms with Gasteiger partial charge in [0.1, 0.15) is 5.75 Å². The molecule has 0 bridgehead atoms. The molecule has 112 valence electrons. The van der Waals surface area contributed by atoms with Crippen molar-refractivity contribution in [2.45, 2.75) is 32.7 Å². The molecule has 2 aromatic rings. The first kappa shape index (κ1) is 15.6. The van der Waals surface area contributed by atoms with Gasteiger partial charge in [0.05, 0.1) is 7.11 Å². The first-order valence-electron chi connectivity index (χ1n) is 7.61. The van der Waals surface area contributed by atoms with Crippen LogP contribution in [0.3, 0.4) is 0 Å². The molecule has 2 rings (SSSR count). The van der Waals surface area contributed by atoms with Crippen molar-refractivity contribution in [3.05, 3.63) is 53.6 Å². The van der Waals surface area contributed by atoms with E-state index in [-0.39, 0.29) is 0 Å². The summed E-state index contributed by atoms with van der Waals surface area (Å²) >= 11 is 0. The monoisotopic (exact) mass is 283 g/mol. The van der Waals surface area contributed by atoms with Gasteiger partial charge in [-0.3, -0.25) is 0 Å². The van der Waals surface area contributed by atoms with Gasteiger partial charge in [-0.15, -0.1) is 0 Å². The van der Waals surface area contributed by atoms with Gasteiger partial charge in [-0.1, -0.05) is 44.2 Å². The smallest absolute Gasteiger partial charge is 0.123 e. The minimum Gasteiger partial charge on any atom is -0.496 e. The van der Waals surface area contributed by atoms with Crippen molar-refractivity contribution in [2.75, 3.05) is 14.2 Å². The van der Waals surface area contributed by atoms with Gasteiger partial charge >= 0.3 is 0 Å². The molecular formula is C19H25NO. The molecule has 0 amide bonds. The average molecular weight is 283 g/mol. The second-order valence-corrected chi connectivity index (χ2v) is 5.49. The first-order valence-corrected chi connectivity index (χ1v) is 7.61. The summed E-state index contributed by atoms with van der Waals surface area (Å²) in [4.78, 5) is 0. The second kappa shape index (κ2) is 7.28. The van der Waals surface area contributed by atoms with Crippen molar-refractivity contribution in [1.29, 1.82) is 0 Å². The topological polar surface area (TPSA) is 21.3 Å². The van der Waals surface area contributed by atoms with Gasteiger partial charge in [-0.05, 0) is 48.2 Å². The zero-order valence-electron chi connectivity index (χ0n) is 13.4. The third-order valence-corrected chi connectivity index (χ3v) is 4.07. The fourth-order valence-electron chi connectivity index (χ4n) is 2.53. The van der Waals surface area contributed by atoms with Crippen LogP contribution in [0.15, 0.2) is 42.5 Å². The SMILES string of the molecule is CCC(C)c1ccc(-c2ccc(OC)c(CNC)c2)cc1. The molecule has 0 saturated heterocycles. The summed E-state index contributed by atoms with van der Waals surface area (Å²) in [6.45, 7) is 5.31. The van der Waals surface area contributed by atoms with Gasteiger partial charge in [-0.2, -0.15) is 0 Å². The van der Waals surface area contributed by atoms with Crippen LogP contribution in [0.4, 0.5) is 0 Å². The Bertz CT molecular complexity index is 575. The van der Waals surface area contributed by atoms with Crippen LogP contribution in [-0.4, -0.2) is 14.2 Å². The highest BCUT2D eigenvalue weighted by atomic mass is 16.5. The lowest BCUT2D eigenvalue weighted by molar-refractivity contribution is 0.408. The van der Waals surface area contributed by atoms with Crippen molar-refractivity contribution in [1.82, 2.24) is 5.32 Å². The maximum atomic E-state index is 5.41. The Kier molecular flexibility index (Phi) is 5.40. The van der Waals surface area contributed by atoms with Crippen molar-refractivity contribution >= 4 is 0 Å². The summed E-state index contributed by atoms with van der Waals surface area (Å²) in [6.07, 6.45) is 1.17. The molecule has 0 radical (unpaired) electrons. The van der Waals surface area contributed by atoms with Crippen LogP contribution in [0.5, 0.6) is 5.75 Å². The third-order valence-electron chi connectivity index (χ3n) is 4.07. The van der Waals surface area contributed by atoms with E-state index in [9.17, 15) is 0 Å². The van der Waals surface area contributed by atoms with Gasteiger partial charge < -0.3 is 10.1 Å². The normalized spacial score (nSPS) is 12.2. The molecule has 2 heteroatoms. The molecule has 21 heavy (non-hydrogen) atoms. The number of hydrogen-bond acceptors (Lipinski definition) is 2. The summed E-state index contributed by atoms with van der Waals surface area (Å²) in [5, 5.41) is 3.19. The molecule has 0 spiro atoms. The van der Waals surface area contributed by atoms with E-state index in [1.54, 1.807) is 7.11 Å². The van der Waals surface area contributed by atoms with Crippen LogP contribution >= 0.6 is 0 Å². The van der Waals surface area contributed by atoms with E-state index < -0.39 is 0 Å². The molecule has 0 aromatic heterocycles. The molecule has 0 saturated carbocycles. The Morgan fingerprint density at radius 1 is 1.05 bits per heavy atom. The molecule has 0 heterocycles. The van der Waals surface area contributed by atoms with Crippen molar-refractivity contribution in [3.63, 3.8) is 0 Å². The van der Waals surface area contributed by atoms with Crippen LogP contribution in [0.2, 0.25) is 0 Å². The second-order valence-electron chi connectivity index (χ2n) is 5.49. The molecule has 2 aromatic carbocycles. The van der Waals surface area contributed by atoms with Crippen LogP contribution < -0.4 is 10.1 Å². The lowest BCUT2D eigenvalue weighted by Gasteiger charge is -2.12. The first-order chi connectivity index (χ1) is 10.2. The molecular weight excluding hydrogens is 258 g/mol. The third kappa shape index (κ3) is 3.64. The van der Waals surface area contributed by atoms with Crippen LogP contribution in [0.25, 0.3) is 11.1 Å². The molecule has 0 aliphatic rings. The lowest BCUT2D eigenvalue weighted by atomic mass is 9.95. The number of rotatable bonds is 6. The Labute approximate surface area is 128 Å². The van der Waals surface area contributed by atoms with Gasteiger partial charge in [0.15, 0.2) is 0 Å². The summed E-state index contributed by atoms with van der Waals surface area (Å²) in [5.74, 6) is 1.55.